The molecule has 3 aromatic rings. The molecule has 13 heteroatoms. The van der Waals surface area contributed by atoms with Crippen LogP contribution in [0.25, 0.3) is 6.08 Å². The van der Waals surface area contributed by atoms with E-state index in [1.54, 1.807) is 31.2 Å². The summed E-state index contributed by atoms with van der Waals surface area (Å²) in [5.74, 6) is -0.0581. The van der Waals surface area contributed by atoms with E-state index < -0.39 is 38.2 Å². The number of amidine groups is 1. The van der Waals surface area contributed by atoms with Crippen LogP contribution < -0.4 is 16.2 Å². The van der Waals surface area contributed by atoms with Crippen LogP contribution in [-0.4, -0.2) is 72.8 Å². The van der Waals surface area contributed by atoms with Crippen molar-refractivity contribution >= 4 is 25.5 Å². The Bertz CT molecular complexity index is 1770. The van der Waals surface area contributed by atoms with Crippen LogP contribution >= 0.6 is 7.60 Å². The zero-order chi connectivity index (χ0) is 35.7. The molecule has 0 saturated carbocycles. The first-order valence-electron chi connectivity index (χ1n) is 15.4. The first kappa shape index (κ1) is 36.9. The Morgan fingerprint density at radius 2 is 1.59 bits per heavy atom. The number of benzene rings is 3. The van der Waals surface area contributed by atoms with Gasteiger partial charge in [0.25, 0.3) is 0 Å². The fraction of sp³-hybridized carbons (Fsp3) is 0.222. The van der Waals surface area contributed by atoms with Gasteiger partial charge >= 0.3 is 13.6 Å². The standard InChI is InChI=1S/C36H42N5O7P/c1-3-30(37)29(35(38)39)18-24(2)21-40-31(19-25-10-6-4-7-11-25)33(42)34(43)32(20-26-12-8-5-9-13-26)41(36(40)44)22-27-14-16-28(17-15-27)48-23-49(45,46)47/h3-18,20,31,33-34,42-43H,2,19,21-23,37H2,1H3,(H3,38,39)(H2,45,46,47)/b29-18+,30-3+,32-20+/t31-,33+,34+/m1/s1. The number of nitrogens with one attached hydrogen (secondary N) is 1. The number of nitrogens with two attached hydrogens (primary N) is 2. The molecule has 9 N–H and O–H groups in total. The van der Waals surface area contributed by atoms with Crippen molar-refractivity contribution in [3.05, 3.63) is 143 Å². The molecule has 0 aromatic heterocycles. The summed E-state index contributed by atoms with van der Waals surface area (Å²) in [6, 6.07) is 23.3. The first-order valence-corrected chi connectivity index (χ1v) is 17.2. The van der Waals surface area contributed by atoms with Gasteiger partial charge < -0.3 is 41.1 Å². The number of ether oxygens (including phenoxy) is 1. The van der Waals surface area contributed by atoms with E-state index in [9.17, 15) is 29.4 Å². The average Bonchev–Trinajstić information content (AvgIpc) is 3.14. The van der Waals surface area contributed by atoms with E-state index >= 15 is 0 Å². The maximum absolute atomic E-state index is 14.8. The third kappa shape index (κ3) is 10.0. The molecule has 1 heterocycles. The molecule has 0 unspecified atom stereocenters. The Morgan fingerprint density at radius 3 is 2.16 bits per heavy atom. The summed E-state index contributed by atoms with van der Waals surface area (Å²) in [5.41, 5.74) is 15.1. The van der Waals surface area contributed by atoms with Gasteiger partial charge in [-0.05, 0) is 59.9 Å². The van der Waals surface area contributed by atoms with Gasteiger partial charge in [-0.25, -0.2) is 4.79 Å². The number of carbonyl (C=O) groups is 1. The second kappa shape index (κ2) is 16.4. The highest BCUT2D eigenvalue weighted by molar-refractivity contribution is 7.51. The zero-order valence-corrected chi connectivity index (χ0v) is 28.0. The molecule has 1 aliphatic rings. The third-order valence-electron chi connectivity index (χ3n) is 7.91. The third-order valence-corrected chi connectivity index (χ3v) is 8.37. The topological polar surface area (TPSA) is 207 Å². The predicted octanol–water partition coefficient (Wildman–Crippen LogP) is 4.09. The van der Waals surface area contributed by atoms with Gasteiger partial charge in [-0.15, -0.1) is 0 Å². The van der Waals surface area contributed by atoms with Crippen molar-refractivity contribution in [3.8, 4) is 5.75 Å². The monoisotopic (exact) mass is 687 g/mol. The lowest BCUT2D eigenvalue weighted by molar-refractivity contribution is -0.00330. The van der Waals surface area contributed by atoms with Crippen molar-refractivity contribution in [2.45, 2.75) is 38.1 Å². The highest BCUT2D eigenvalue weighted by Gasteiger charge is 2.43. The normalized spacial score (nSPS) is 19.9. The molecule has 0 aliphatic carbocycles. The van der Waals surface area contributed by atoms with E-state index in [0.29, 0.717) is 16.7 Å². The van der Waals surface area contributed by atoms with Crippen molar-refractivity contribution in [2.24, 2.45) is 11.5 Å². The summed E-state index contributed by atoms with van der Waals surface area (Å²) >= 11 is 0. The van der Waals surface area contributed by atoms with E-state index in [0.717, 1.165) is 5.56 Å². The lowest BCUT2D eigenvalue weighted by Gasteiger charge is -2.35. The van der Waals surface area contributed by atoms with E-state index in [1.165, 1.54) is 28.0 Å². The largest absolute Gasteiger partial charge is 0.481 e. The smallest absolute Gasteiger partial charge is 0.362 e. The number of allylic oxidation sites excluding steroid dienone is 1. The number of rotatable bonds is 13. The van der Waals surface area contributed by atoms with Crippen LogP contribution in [0.3, 0.4) is 0 Å². The van der Waals surface area contributed by atoms with Crippen LogP contribution in [0.1, 0.15) is 23.6 Å². The molecular weight excluding hydrogens is 645 g/mol. The molecule has 3 aromatic carbocycles. The minimum atomic E-state index is -4.39. The summed E-state index contributed by atoms with van der Waals surface area (Å²) in [7, 11) is -4.39. The van der Waals surface area contributed by atoms with E-state index in [4.69, 9.17) is 21.6 Å². The lowest BCUT2D eigenvalue weighted by Crippen LogP contribution is -2.51. The van der Waals surface area contributed by atoms with Crippen LogP contribution in [0, 0.1) is 5.41 Å². The minimum absolute atomic E-state index is 0.0405. The number of amides is 2. The molecule has 12 nitrogen and oxygen atoms in total. The van der Waals surface area contributed by atoms with Crippen LogP contribution in [0.5, 0.6) is 5.75 Å². The van der Waals surface area contributed by atoms with Gasteiger partial charge in [0.2, 0.25) is 0 Å². The summed E-state index contributed by atoms with van der Waals surface area (Å²) in [6.45, 7) is 5.69. The summed E-state index contributed by atoms with van der Waals surface area (Å²) < 4.78 is 16.5. The van der Waals surface area contributed by atoms with E-state index in [-0.39, 0.29) is 48.1 Å². The van der Waals surface area contributed by atoms with Crippen molar-refractivity contribution in [1.82, 2.24) is 9.80 Å². The summed E-state index contributed by atoms with van der Waals surface area (Å²) in [6.07, 6.45) is 1.27. The Morgan fingerprint density at radius 1 is 0.980 bits per heavy atom. The predicted molar refractivity (Wildman–Crippen MR) is 189 cm³/mol. The van der Waals surface area contributed by atoms with Crippen LogP contribution in [-0.2, 0) is 17.5 Å². The number of urea groups is 1. The fourth-order valence-corrected chi connectivity index (χ4v) is 5.74. The molecule has 0 bridgehead atoms. The van der Waals surface area contributed by atoms with Crippen molar-refractivity contribution in [2.75, 3.05) is 12.9 Å². The lowest BCUT2D eigenvalue weighted by atomic mass is 9.94. The molecule has 1 fully saturated rings. The number of nitrogens with zero attached hydrogens (tertiary/aromatic N) is 2. The SMILES string of the molecule is C=C(/C=C(C(=N)N)\C(N)=C/C)CN1C(=O)N(Cc2ccc(OCP(=O)(O)O)cc2)/C(=C/c2ccccc2)[C@H](O)[C@@H](O)[C@H]1Cc1ccccc1. The van der Waals surface area contributed by atoms with Gasteiger partial charge in [0.1, 0.15) is 23.8 Å². The first-order chi connectivity index (χ1) is 23.3. The summed E-state index contributed by atoms with van der Waals surface area (Å²) in [5, 5.41) is 31.7. The van der Waals surface area contributed by atoms with Crippen LogP contribution in [0.15, 0.2) is 126 Å². The fourth-order valence-electron chi connectivity index (χ4n) is 5.42. The van der Waals surface area contributed by atoms with E-state index in [2.05, 4.69) is 6.58 Å². The van der Waals surface area contributed by atoms with Crippen molar-refractivity contribution in [3.63, 3.8) is 0 Å². The van der Waals surface area contributed by atoms with Gasteiger partial charge in [0, 0.05) is 17.8 Å². The number of aliphatic hydroxyl groups excluding tert-OH is 2. The maximum Gasteiger partial charge on any atom is 0.362 e. The molecule has 4 rings (SSSR count). The quantitative estimate of drug-likeness (QED) is 0.0597. The zero-order valence-electron chi connectivity index (χ0n) is 27.1. The highest BCUT2D eigenvalue weighted by atomic mass is 31.2. The Balaban J connectivity index is 1.81. The van der Waals surface area contributed by atoms with Crippen molar-refractivity contribution in [1.29, 1.82) is 5.41 Å². The molecular formula is C36H42N5O7P. The van der Waals surface area contributed by atoms with Crippen molar-refractivity contribution < 1.29 is 34.1 Å². The second-order valence-corrected chi connectivity index (χ2v) is 13.2. The van der Waals surface area contributed by atoms with Crippen LogP contribution in [0.2, 0.25) is 0 Å². The minimum Gasteiger partial charge on any atom is -0.481 e. The molecule has 1 saturated heterocycles. The van der Waals surface area contributed by atoms with Gasteiger partial charge in [-0.2, -0.15) is 0 Å². The molecule has 258 valence electrons. The summed E-state index contributed by atoms with van der Waals surface area (Å²) in [4.78, 5) is 36.0. The molecule has 3 atom stereocenters. The Kier molecular flexibility index (Phi) is 12.4. The number of hydrogen-bond donors (Lipinski definition) is 7. The molecule has 0 radical (unpaired) electrons. The van der Waals surface area contributed by atoms with Gasteiger partial charge in [-0.1, -0.05) is 85.5 Å². The van der Waals surface area contributed by atoms with Gasteiger partial charge in [-0.3, -0.25) is 14.9 Å². The molecule has 0 spiro atoms. The average molecular weight is 688 g/mol. The maximum atomic E-state index is 14.8. The van der Waals surface area contributed by atoms with E-state index in [1.807, 2.05) is 60.7 Å². The molecule has 2 amide bonds. The molecule has 49 heavy (non-hydrogen) atoms. The molecule has 1 aliphatic heterocycles. The Hall–Kier alpha value is -4.97. The Labute approximate surface area is 285 Å². The van der Waals surface area contributed by atoms with Gasteiger partial charge in [0.15, 0.2) is 6.35 Å². The highest BCUT2D eigenvalue weighted by Crippen LogP contribution is 2.35. The number of hydrogen-bond acceptors (Lipinski definition) is 7. The van der Waals surface area contributed by atoms with Gasteiger partial charge in [0.05, 0.1) is 18.3 Å². The van der Waals surface area contributed by atoms with Crippen LogP contribution in [0.4, 0.5) is 4.79 Å². The second-order valence-electron chi connectivity index (χ2n) is 11.6. The number of carbonyl (C=O) groups excluding carboxylic acids is 1. The number of aliphatic hydroxyl groups is 2.